The summed E-state index contributed by atoms with van der Waals surface area (Å²) in [6.07, 6.45) is 5.99. The normalized spacial score (nSPS) is 10.7. The third kappa shape index (κ3) is 3.68. The Labute approximate surface area is 90.0 Å². The zero-order chi connectivity index (χ0) is 10.2. The summed E-state index contributed by atoms with van der Waals surface area (Å²) in [5.41, 5.74) is 0. The van der Waals surface area contributed by atoms with Crippen molar-refractivity contribution in [2.24, 2.45) is 0 Å². The molecule has 0 saturated heterocycles. The highest BCUT2D eigenvalue weighted by molar-refractivity contribution is 6.17. The first-order valence-electron chi connectivity index (χ1n) is 5.02. The number of hydrogen-bond donors (Lipinski definition) is 0. The molecule has 0 N–H and O–H groups in total. The Morgan fingerprint density at radius 1 is 1.50 bits per heavy atom. The number of aromatic nitrogens is 2. The number of aryl methyl sites for hydroxylation is 1. The highest BCUT2D eigenvalue weighted by atomic mass is 35.5. The molecule has 80 valence electrons. The van der Waals surface area contributed by atoms with Crippen molar-refractivity contribution >= 4 is 11.6 Å². The molecule has 0 atom stereocenters. The Morgan fingerprint density at radius 2 is 2.36 bits per heavy atom. The van der Waals surface area contributed by atoms with Gasteiger partial charge in [-0.25, -0.2) is 4.98 Å². The van der Waals surface area contributed by atoms with Gasteiger partial charge in [0, 0.05) is 31.2 Å². The third-order valence-corrected chi connectivity index (χ3v) is 2.13. The lowest BCUT2D eigenvalue weighted by Gasteiger charge is -2.06. The van der Waals surface area contributed by atoms with Crippen LogP contribution >= 0.6 is 11.6 Å². The van der Waals surface area contributed by atoms with Crippen LogP contribution in [0.2, 0.25) is 0 Å². The Balaban J connectivity index is 2.30. The summed E-state index contributed by atoms with van der Waals surface area (Å²) < 4.78 is 7.45. The van der Waals surface area contributed by atoms with Crippen molar-refractivity contribution in [3.8, 4) is 0 Å². The molecule has 1 heterocycles. The van der Waals surface area contributed by atoms with Crippen molar-refractivity contribution < 1.29 is 4.74 Å². The van der Waals surface area contributed by atoms with Gasteiger partial charge in [-0.05, 0) is 6.42 Å². The lowest BCUT2D eigenvalue weighted by Crippen LogP contribution is -2.09. The second-order valence-electron chi connectivity index (χ2n) is 3.09. The Morgan fingerprint density at radius 3 is 3.07 bits per heavy atom. The molecule has 0 spiro atoms. The van der Waals surface area contributed by atoms with Crippen LogP contribution in [0.15, 0.2) is 12.4 Å². The fourth-order valence-electron chi connectivity index (χ4n) is 1.31. The van der Waals surface area contributed by atoms with Gasteiger partial charge in [-0.3, -0.25) is 0 Å². The monoisotopic (exact) mass is 216 g/mol. The minimum atomic E-state index is 0.561. The summed E-state index contributed by atoms with van der Waals surface area (Å²) in [6, 6.07) is 0. The summed E-state index contributed by atoms with van der Waals surface area (Å²) in [6.45, 7) is 4.36. The van der Waals surface area contributed by atoms with Crippen LogP contribution < -0.4 is 0 Å². The van der Waals surface area contributed by atoms with E-state index in [9.17, 15) is 0 Å². The van der Waals surface area contributed by atoms with Crippen molar-refractivity contribution in [1.82, 2.24) is 9.55 Å². The Hall–Kier alpha value is -0.540. The van der Waals surface area contributed by atoms with E-state index in [1.807, 2.05) is 12.4 Å². The molecule has 1 aromatic heterocycles. The molecule has 3 nitrogen and oxygen atoms in total. The third-order valence-electron chi connectivity index (χ3n) is 1.97. The summed E-state index contributed by atoms with van der Waals surface area (Å²) in [5.74, 6) is 1.70. The quantitative estimate of drug-likeness (QED) is 0.516. The van der Waals surface area contributed by atoms with Crippen LogP contribution in [0.25, 0.3) is 0 Å². The molecule has 0 bridgehead atoms. The minimum absolute atomic E-state index is 0.561. The topological polar surface area (TPSA) is 27.1 Å². The maximum absolute atomic E-state index is 5.50. The highest BCUT2D eigenvalue weighted by Gasteiger charge is 2.00. The SMILES string of the molecule is CCCc1nccn1CCOCCCl. The van der Waals surface area contributed by atoms with E-state index >= 15 is 0 Å². The number of alkyl halides is 1. The Bertz CT molecular complexity index is 250. The minimum Gasteiger partial charge on any atom is -0.378 e. The summed E-state index contributed by atoms with van der Waals surface area (Å²) in [4.78, 5) is 4.29. The van der Waals surface area contributed by atoms with Crippen LogP contribution in [0, 0.1) is 0 Å². The predicted molar refractivity (Wildman–Crippen MR) is 57.8 cm³/mol. The lowest BCUT2D eigenvalue weighted by atomic mass is 10.3. The Kier molecular flexibility index (Phi) is 5.64. The molecule has 1 aromatic rings. The largest absolute Gasteiger partial charge is 0.378 e. The van der Waals surface area contributed by atoms with E-state index in [-0.39, 0.29) is 0 Å². The second-order valence-corrected chi connectivity index (χ2v) is 3.47. The standard InChI is InChI=1S/C10H17ClN2O/c1-2-3-10-12-5-6-13(10)7-9-14-8-4-11/h5-6H,2-4,7-9H2,1H3. The van der Waals surface area contributed by atoms with Crippen molar-refractivity contribution in [2.75, 3.05) is 19.1 Å². The van der Waals surface area contributed by atoms with Crippen LogP contribution in [-0.2, 0) is 17.7 Å². The zero-order valence-corrected chi connectivity index (χ0v) is 9.33. The first-order chi connectivity index (χ1) is 6.88. The first kappa shape index (κ1) is 11.5. The van der Waals surface area contributed by atoms with Crippen LogP contribution in [0.3, 0.4) is 0 Å². The van der Waals surface area contributed by atoms with E-state index in [1.165, 1.54) is 0 Å². The number of nitrogens with zero attached hydrogens (tertiary/aromatic N) is 2. The van der Waals surface area contributed by atoms with E-state index in [1.54, 1.807) is 0 Å². The number of imidazole rings is 1. The summed E-state index contributed by atoms with van der Waals surface area (Å²) in [5, 5.41) is 0. The summed E-state index contributed by atoms with van der Waals surface area (Å²) in [7, 11) is 0. The van der Waals surface area contributed by atoms with Crippen molar-refractivity contribution in [3.05, 3.63) is 18.2 Å². The van der Waals surface area contributed by atoms with E-state index in [4.69, 9.17) is 16.3 Å². The molecule has 0 saturated carbocycles. The maximum atomic E-state index is 5.50. The predicted octanol–water partition coefficient (Wildman–Crippen LogP) is 2.09. The second kappa shape index (κ2) is 6.85. The smallest absolute Gasteiger partial charge is 0.108 e. The molecule has 0 aliphatic carbocycles. The molecule has 0 amide bonds. The number of halogens is 1. The molecule has 4 heteroatoms. The van der Waals surface area contributed by atoms with Crippen molar-refractivity contribution in [2.45, 2.75) is 26.3 Å². The van der Waals surface area contributed by atoms with E-state index in [0.717, 1.165) is 25.2 Å². The molecular weight excluding hydrogens is 200 g/mol. The van der Waals surface area contributed by atoms with Gasteiger partial charge in [-0.15, -0.1) is 11.6 Å². The average Bonchev–Trinajstić information content (AvgIpc) is 2.61. The van der Waals surface area contributed by atoms with E-state index in [0.29, 0.717) is 19.1 Å². The van der Waals surface area contributed by atoms with Crippen LogP contribution in [0.5, 0.6) is 0 Å². The maximum Gasteiger partial charge on any atom is 0.108 e. The van der Waals surface area contributed by atoms with Gasteiger partial charge in [-0.2, -0.15) is 0 Å². The lowest BCUT2D eigenvalue weighted by molar-refractivity contribution is 0.140. The molecule has 0 fully saturated rings. The van der Waals surface area contributed by atoms with E-state index < -0.39 is 0 Å². The van der Waals surface area contributed by atoms with Gasteiger partial charge >= 0.3 is 0 Å². The molecule has 0 radical (unpaired) electrons. The van der Waals surface area contributed by atoms with Crippen LogP contribution in [-0.4, -0.2) is 28.6 Å². The van der Waals surface area contributed by atoms with Gasteiger partial charge in [0.05, 0.1) is 13.2 Å². The van der Waals surface area contributed by atoms with Gasteiger partial charge in [0.2, 0.25) is 0 Å². The van der Waals surface area contributed by atoms with Crippen LogP contribution in [0.4, 0.5) is 0 Å². The van der Waals surface area contributed by atoms with Gasteiger partial charge < -0.3 is 9.30 Å². The molecule has 1 rings (SSSR count). The zero-order valence-electron chi connectivity index (χ0n) is 8.58. The van der Waals surface area contributed by atoms with Crippen molar-refractivity contribution in [1.29, 1.82) is 0 Å². The van der Waals surface area contributed by atoms with Gasteiger partial charge in [0.25, 0.3) is 0 Å². The molecular formula is C10H17ClN2O. The summed E-state index contributed by atoms with van der Waals surface area (Å²) >= 11 is 5.50. The van der Waals surface area contributed by atoms with E-state index in [2.05, 4.69) is 16.5 Å². The number of rotatable bonds is 7. The fourth-order valence-corrected chi connectivity index (χ4v) is 1.42. The molecule has 0 aliphatic heterocycles. The van der Waals surface area contributed by atoms with Crippen LogP contribution in [0.1, 0.15) is 19.2 Å². The van der Waals surface area contributed by atoms with Crippen molar-refractivity contribution in [3.63, 3.8) is 0 Å². The fraction of sp³-hybridized carbons (Fsp3) is 0.700. The molecule has 0 aromatic carbocycles. The highest BCUT2D eigenvalue weighted by Crippen LogP contribution is 2.01. The average molecular weight is 217 g/mol. The van der Waals surface area contributed by atoms with Gasteiger partial charge in [-0.1, -0.05) is 6.92 Å². The first-order valence-corrected chi connectivity index (χ1v) is 5.55. The molecule has 0 aliphatic rings. The van der Waals surface area contributed by atoms with Gasteiger partial charge in [0.1, 0.15) is 5.82 Å². The molecule has 0 unspecified atom stereocenters. The molecule has 14 heavy (non-hydrogen) atoms. The van der Waals surface area contributed by atoms with Gasteiger partial charge in [0.15, 0.2) is 0 Å². The number of ether oxygens (including phenoxy) is 1. The number of hydrogen-bond acceptors (Lipinski definition) is 2.